The molecule has 24 heavy (non-hydrogen) atoms. The van der Waals surface area contributed by atoms with Crippen LogP contribution in [0.1, 0.15) is 18.1 Å². The Labute approximate surface area is 139 Å². The third-order valence-electron chi connectivity index (χ3n) is 3.50. The normalized spacial score (nSPS) is 10.3. The van der Waals surface area contributed by atoms with E-state index in [4.69, 9.17) is 0 Å². The van der Waals surface area contributed by atoms with Crippen LogP contribution in [0.15, 0.2) is 42.5 Å². The predicted octanol–water partition coefficient (Wildman–Crippen LogP) is 2.94. The molecule has 0 aliphatic rings. The molecule has 2 aromatic carbocycles. The molecule has 0 aliphatic carbocycles. The highest BCUT2D eigenvalue weighted by atomic mass is 19.1. The Hall–Kier alpha value is -2.76. The number of anilines is 1. The van der Waals surface area contributed by atoms with Gasteiger partial charge in [0.15, 0.2) is 0 Å². The van der Waals surface area contributed by atoms with Crippen LogP contribution in [0.25, 0.3) is 0 Å². The van der Waals surface area contributed by atoms with E-state index in [0.717, 1.165) is 35.1 Å². The molecule has 1 N–H and O–H groups in total. The molecule has 2 rings (SSSR count). The number of nitrogens with one attached hydrogen (secondary N) is 1. The maximum atomic E-state index is 13.8. The van der Waals surface area contributed by atoms with Crippen LogP contribution in [-0.4, -0.2) is 18.4 Å². The number of para-hydroxylation sites is 1. The number of halogens is 2. The summed E-state index contributed by atoms with van der Waals surface area (Å²) in [6.45, 7) is 2.92. The first kappa shape index (κ1) is 17.6. The van der Waals surface area contributed by atoms with Gasteiger partial charge in [0.1, 0.15) is 23.9 Å². The molecule has 126 valence electrons. The van der Waals surface area contributed by atoms with Crippen LogP contribution >= 0.6 is 0 Å². The maximum absolute atomic E-state index is 13.8. The number of aryl methyl sites for hydroxylation is 1. The van der Waals surface area contributed by atoms with E-state index in [1.807, 2.05) is 31.2 Å². The van der Waals surface area contributed by atoms with Gasteiger partial charge in [0.25, 0.3) is 0 Å². The van der Waals surface area contributed by atoms with Crippen molar-refractivity contribution in [1.82, 2.24) is 5.32 Å². The smallest absolute Gasteiger partial charge is 0.240 e. The number of rotatable bonds is 5. The van der Waals surface area contributed by atoms with Gasteiger partial charge in [-0.05, 0) is 24.6 Å². The summed E-state index contributed by atoms with van der Waals surface area (Å²) < 4.78 is 27.7. The van der Waals surface area contributed by atoms with E-state index in [1.165, 1.54) is 6.07 Å². The van der Waals surface area contributed by atoms with Gasteiger partial charge in [-0.2, -0.15) is 0 Å². The fraction of sp³-hybridized carbons (Fsp3) is 0.222. The highest BCUT2D eigenvalue weighted by molar-refractivity contribution is 5.97. The van der Waals surface area contributed by atoms with E-state index in [9.17, 15) is 18.4 Å². The first-order valence-corrected chi connectivity index (χ1v) is 7.43. The summed E-state index contributed by atoms with van der Waals surface area (Å²) in [7, 11) is 0. The number of hydrogen-bond donors (Lipinski definition) is 1. The zero-order valence-corrected chi connectivity index (χ0v) is 13.5. The maximum Gasteiger partial charge on any atom is 0.240 e. The molecular weight excluding hydrogens is 314 g/mol. The first-order valence-electron chi connectivity index (χ1n) is 7.43. The van der Waals surface area contributed by atoms with Crippen LogP contribution < -0.4 is 10.2 Å². The second-order valence-corrected chi connectivity index (χ2v) is 5.44. The molecule has 0 aromatic heterocycles. The molecule has 0 spiro atoms. The molecule has 0 saturated carbocycles. The van der Waals surface area contributed by atoms with Gasteiger partial charge < -0.3 is 5.32 Å². The van der Waals surface area contributed by atoms with Gasteiger partial charge in [-0.1, -0.05) is 35.9 Å². The van der Waals surface area contributed by atoms with Crippen LogP contribution in [-0.2, 0) is 16.1 Å². The van der Waals surface area contributed by atoms with E-state index in [2.05, 4.69) is 5.32 Å². The Morgan fingerprint density at radius 3 is 2.17 bits per heavy atom. The highest BCUT2D eigenvalue weighted by Gasteiger charge is 2.22. The Balaban J connectivity index is 2.06. The van der Waals surface area contributed by atoms with Gasteiger partial charge in [0.2, 0.25) is 11.8 Å². The molecule has 0 atom stereocenters. The van der Waals surface area contributed by atoms with Crippen molar-refractivity contribution in [2.45, 2.75) is 20.4 Å². The van der Waals surface area contributed by atoms with Gasteiger partial charge in [0, 0.05) is 13.5 Å². The average molecular weight is 332 g/mol. The summed E-state index contributed by atoms with van der Waals surface area (Å²) in [5.41, 5.74) is 1.47. The van der Waals surface area contributed by atoms with E-state index in [0.29, 0.717) is 0 Å². The van der Waals surface area contributed by atoms with Crippen LogP contribution in [0.5, 0.6) is 0 Å². The lowest BCUT2D eigenvalue weighted by molar-refractivity contribution is -0.123. The molecule has 0 fully saturated rings. The fourth-order valence-corrected chi connectivity index (χ4v) is 2.20. The second-order valence-electron chi connectivity index (χ2n) is 5.44. The van der Waals surface area contributed by atoms with Crippen LogP contribution in [0.2, 0.25) is 0 Å². The van der Waals surface area contributed by atoms with Crippen molar-refractivity contribution in [3.8, 4) is 0 Å². The van der Waals surface area contributed by atoms with Crippen molar-refractivity contribution in [2.75, 3.05) is 11.4 Å². The van der Waals surface area contributed by atoms with E-state index in [1.54, 1.807) is 0 Å². The Kier molecular flexibility index (Phi) is 5.63. The lowest BCUT2D eigenvalue weighted by Crippen LogP contribution is -2.40. The molecule has 6 heteroatoms. The number of benzene rings is 2. The summed E-state index contributed by atoms with van der Waals surface area (Å²) in [5, 5.41) is 2.63. The summed E-state index contributed by atoms with van der Waals surface area (Å²) >= 11 is 0. The molecule has 0 radical (unpaired) electrons. The average Bonchev–Trinajstić information content (AvgIpc) is 2.53. The standard InChI is InChI=1S/C18H18F2N2O2/c1-12-6-8-14(9-7-12)10-21-17(24)11-22(13(2)23)18-15(19)4-3-5-16(18)20/h3-9H,10-11H2,1-2H3,(H,21,24). The van der Waals surface area contributed by atoms with Crippen molar-refractivity contribution in [3.05, 3.63) is 65.2 Å². The number of nitrogens with zero attached hydrogens (tertiary/aromatic N) is 1. The molecule has 0 aliphatic heterocycles. The second kappa shape index (κ2) is 7.68. The van der Waals surface area contributed by atoms with Crippen molar-refractivity contribution >= 4 is 17.5 Å². The highest BCUT2D eigenvalue weighted by Crippen LogP contribution is 2.23. The minimum Gasteiger partial charge on any atom is -0.350 e. The summed E-state index contributed by atoms with van der Waals surface area (Å²) in [4.78, 5) is 24.5. The molecule has 0 heterocycles. The van der Waals surface area contributed by atoms with E-state index >= 15 is 0 Å². The Morgan fingerprint density at radius 2 is 1.62 bits per heavy atom. The fourth-order valence-electron chi connectivity index (χ4n) is 2.20. The van der Waals surface area contributed by atoms with Gasteiger partial charge in [-0.25, -0.2) is 8.78 Å². The molecule has 0 unspecified atom stereocenters. The molecule has 0 bridgehead atoms. The van der Waals surface area contributed by atoms with E-state index in [-0.39, 0.29) is 6.54 Å². The zero-order valence-electron chi connectivity index (χ0n) is 13.5. The monoisotopic (exact) mass is 332 g/mol. The zero-order chi connectivity index (χ0) is 17.7. The third kappa shape index (κ3) is 4.38. The third-order valence-corrected chi connectivity index (χ3v) is 3.50. The SMILES string of the molecule is CC(=O)N(CC(=O)NCc1ccc(C)cc1)c1c(F)cccc1F. The number of hydrogen-bond acceptors (Lipinski definition) is 2. The number of amides is 2. The molecule has 4 nitrogen and oxygen atoms in total. The van der Waals surface area contributed by atoms with Crippen molar-refractivity contribution in [2.24, 2.45) is 0 Å². The molecule has 2 aromatic rings. The minimum absolute atomic E-state index is 0.268. The molecule has 0 saturated heterocycles. The number of carbonyl (C=O) groups is 2. The first-order chi connectivity index (χ1) is 11.4. The van der Waals surface area contributed by atoms with E-state index < -0.39 is 35.7 Å². The largest absolute Gasteiger partial charge is 0.350 e. The van der Waals surface area contributed by atoms with Crippen LogP contribution in [0, 0.1) is 18.6 Å². The van der Waals surface area contributed by atoms with Gasteiger partial charge >= 0.3 is 0 Å². The van der Waals surface area contributed by atoms with Crippen molar-refractivity contribution < 1.29 is 18.4 Å². The van der Waals surface area contributed by atoms with Gasteiger partial charge in [0.05, 0.1) is 0 Å². The van der Waals surface area contributed by atoms with Gasteiger partial charge in [-0.15, -0.1) is 0 Å². The summed E-state index contributed by atoms with van der Waals surface area (Å²) in [5.74, 6) is -2.91. The minimum atomic E-state index is -0.892. The summed E-state index contributed by atoms with van der Waals surface area (Å²) in [6.07, 6.45) is 0. The van der Waals surface area contributed by atoms with Crippen LogP contribution in [0.4, 0.5) is 14.5 Å². The Morgan fingerprint density at radius 1 is 1.04 bits per heavy atom. The predicted molar refractivity (Wildman–Crippen MR) is 87.4 cm³/mol. The van der Waals surface area contributed by atoms with Crippen molar-refractivity contribution in [3.63, 3.8) is 0 Å². The molecular formula is C18H18F2N2O2. The number of carbonyl (C=O) groups excluding carboxylic acids is 2. The quantitative estimate of drug-likeness (QED) is 0.915. The van der Waals surface area contributed by atoms with Crippen molar-refractivity contribution in [1.29, 1.82) is 0 Å². The lowest BCUT2D eigenvalue weighted by atomic mass is 10.1. The van der Waals surface area contributed by atoms with Crippen LogP contribution in [0.3, 0.4) is 0 Å². The molecule has 2 amide bonds. The lowest BCUT2D eigenvalue weighted by Gasteiger charge is -2.21. The Bertz CT molecular complexity index is 725. The summed E-state index contributed by atoms with van der Waals surface area (Å²) in [6, 6.07) is 10.8. The van der Waals surface area contributed by atoms with Gasteiger partial charge in [-0.3, -0.25) is 14.5 Å². The topological polar surface area (TPSA) is 49.4 Å².